The first-order valence-electron chi connectivity index (χ1n) is 16.0. The Morgan fingerprint density at radius 2 is 0.851 bits per heavy atom. The van der Waals surface area contributed by atoms with E-state index in [1.54, 1.807) is 0 Å². The minimum atomic E-state index is 0.974. The van der Waals surface area contributed by atoms with Crippen molar-refractivity contribution in [3.63, 3.8) is 0 Å². The Hall–Kier alpha value is -6.27. The van der Waals surface area contributed by atoms with Gasteiger partial charge in [-0.3, -0.25) is 15.0 Å². The van der Waals surface area contributed by atoms with E-state index in [0.29, 0.717) is 0 Å². The fourth-order valence-corrected chi connectivity index (χ4v) is 7.44. The van der Waals surface area contributed by atoms with E-state index in [2.05, 4.69) is 124 Å². The normalized spacial score (nSPS) is 12.0. The lowest BCUT2D eigenvalue weighted by Crippen LogP contribution is -1.96. The smallest absolute Gasteiger partial charge is 0.0964 e. The third-order valence-electron chi connectivity index (χ3n) is 9.53. The van der Waals surface area contributed by atoms with Crippen LogP contribution in [0.1, 0.15) is 12.5 Å². The fourth-order valence-electron chi connectivity index (χ4n) is 7.44. The summed E-state index contributed by atoms with van der Waals surface area (Å²) in [5.74, 6) is 0. The zero-order chi connectivity index (χ0) is 31.1. The zero-order valence-electron chi connectivity index (χ0n) is 25.7. The maximum Gasteiger partial charge on any atom is 0.0964 e. The SMILES string of the molecule is CCc1ccc2c(c1)c1ncccc1n2-c1ccc2c(c1)c1ncccc1n2-c1ccc2c(c1)c1ncccc1n2-c1ccccc1. The summed E-state index contributed by atoms with van der Waals surface area (Å²) in [6.45, 7) is 2.19. The predicted octanol–water partition coefficient (Wildman–Crippen LogP) is 9.73. The second-order valence-corrected chi connectivity index (χ2v) is 12.1. The molecule has 4 aromatic carbocycles. The Morgan fingerprint density at radius 3 is 1.34 bits per heavy atom. The molecule has 6 heteroatoms. The molecule has 0 atom stereocenters. The summed E-state index contributed by atoms with van der Waals surface area (Å²) in [6, 6.07) is 43.2. The molecular weight excluding hydrogens is 576 g/mol. The molecule has 0 aliphatic rings. The molecule has 222 valence electrons. The lowest BCUT2D eigenvalue weighted by molar-refractivity contribution is 1.14. The minimum absolute atomic E-state index is 0.974. The summed E-state index contributed by atoms with van der Waals surface area (Å²) >= 11 is 0. The molecule has 0 amide bonds. The lowest BCUT2D eigenvalue weighted by atomic mass is 10.1. The van der Waals surface area contributed by atoms with Crippen molar-refractivity contribution in [1.29, 1.82) is 0 Å². The fraction of sp³-hybridized carbons (Fsp3) is 0.0488. The number of aromatic nitrogens is 6. The van der Waals surface area contributed by atoms with E-state index in [9.17, 15) is 0 Å². The molecule has 0 aliphatic carbocycles. The molecule has 6 heterocycles. The number of hydrogen-bond acceptors (Lipinski definition) is 3. The first-order valence-corrected chi connectivity index (χ1v) is 16.0. The van der Waals surface area contributed by atoms with Gasteiger partial charge in [0.2, 0.25) is 0 Å². The van der Waals surface area contributed by atoms with Crippen molar-refractivity contribution in [2.75, 3.05) is 0 Å². The maximum atomic E-state index is 4.92. The third kappa shape index (κ3) is 3.69. The van der Waals surface area contributed by atoms with E-state index in [1.807, 2.05) is 36.8 Å². The zero-order valence-corrected chi connectivity index (χ0v) is 25.7. The molecule has 6 nitrogen and oxygen atoms in total. The Kier molecular flexibility index (Phi) is 5.46. The Morgan fingerprint density at radius 1 is 0.404 bits per heavy atom. The van der Waals surface area contributed by atoms with Gasteiger partial charge >= 0.3 is 0 Å². The van der Waals surface area contributed by atoms with Crippen LogP contribution in [-0.2, 0) is 6.42 Å². The van der Waals surface area contributed by atoms with Gasteiger partial charge in [0.1, 0.15) is 0 Å². The largest absolute Gasteiger partial charge is 0.308 e. The lowest BCUT2D eigenvalue weighted by Gasteiger charge is -2.11. The van der Waals surface area contributed by atoms with Crippen molar-refractivity contribution in [2.24, 2.45) is 0 Å². The molecule has 0 spiro atoms. The molecule has 0 N–H and O–H groups in total. The minimum Gasteiger partial charge on any atom is -0.308 e. The van der Waals surface area contributed by atoms with Gasteiger partial charge in [-0.2, -0.15) is 0 Å². The number of fused-ring (bicyclic) bond motifs is 9. The van der Waals surface area contributed by atoms with Crippen LogP contribution in [-0.4, -0.2) is 28.7 Å². The van der Waals surface area contributed by atoms with E-state index >= 15 is 0 Å². The quantitative estimate of drug-likeness (QED) is 0.201. The summed E-state index contributed by atoms with van der Waals surface area (Å²) in [7, 11) is 0. The topological polar surface area (TPSA) is 53.5 Å². The van der Waals surface area contributed by atoms with Gasteiger partial charge in [-0.25, -0.2) is 0 Å². The number of aryl methyl sites for hydroxylation is 1. The molecule has 0 bridgehead atoms. The average molecular weight is 605 g/mol. The van der Waals surface area contributed by atoms with Crippen LogP contribution in [0.15, 0.2) is 140 Å². The van der Waals surface area contributed by atoms with Crippen molar-refractivity contribution in [3.05, 3.63) is 145 Å². The summed E-state index contributed by atoms with van der Waals surface area (Å²) < 4.78 is 6.96. The molecule has 6 aromatic heterocycles. The van der Waals surface area contributed by atoms with Crippen molar-refractivity contribution in [1.82, 2.24) is 28.7 Å². The second-order valence-electron chi connectivity index (χ2n) is 12.1. The molecule has 47 heavy (non-hydrogen) atoms. The monoisotopic (exact) mass is 604 g/mol. The highest BCUT2D eigenvalue weighted by Crippen LogP contribution is 2.38. The van der Waals surface area contributed by atoms with Crippen molar-refractivity contribution in [3.8, 4) is 17.1 Å². The van der Waals surface area contributed by atoms with Crippen LogP contribution in [0.25, 0.3) is 82.9 Å². The van der Waals surface area contributed by atoms with Gasteiger partial charge in [-0.15, -0.1) is 0 Å². The molecule has 0 saturated heterocycles. The molecule has 0 unspecified atom stereocenters. The number of nitrogens with zero attached hydrogens (tertiary/aromatic N) is 6. The second kappa shape index (κ2) is 9.86. The molecule has 10 rings (SSSR count). The van der Waals surface area contributed by atoms with Crippen LogP contribution < -0.4 is 0 Å². The van der Waals surface area contributed by atoms with Gasteiger partial charge in [-0.1, -0.05) is 31.2 Å². The summed E-state index contributed by atoms with van der Waals surface area (Å²) in [5.41, 5.74) is 14.2. The number of benzene rings is 4. The molecule has 10 aromatic rings. The number of rotatable bonds is 4. The number of pyridine rings is 3. The molecule has 0 aliphatic heterocycles. The average Bonchev–Trinajstić information content (AvgIpc) is 3.77. The summed E-state index contributed by atoms with van der Waals surface area (Å²) in [5, 5.41) is 3.39. The standard InChI is InChI=1S/C41H28N6/c1-2-26-14-17-33-30(23-26)39-37(12-7-20-42-39)46(33)28-16-19-35-32(25-28)41-38(13-8-22-44-41)47(35)29-15-18-34-31(24-29)40-36(11-6-21-43-40)45(34)27-9-4-3-5-10-27/h3-25H,2H2,1H3. The van der Waals surface area contributed by atoms with Gasteiger partial charge in [0.25, 0.3) is 0 Å². The van der Waals surface area contributed by atoms with Crippen LogP contribution in [0.5, 0.6) is 0 Å². The maximum absolute atomic E-state index is 4.92. The highest BCUT2D eigenvalue weighted by atomic mass is 15.0. The highest BCUT2D eigenvalue weighted by Gasteiger charge is 2.19. The Labute approximate surface area is 269 Å². The molecule has 0 fully saturated rings. The first kappa shape index (κ1) is 26.0. The van der Waals surface area contributed by atoms with E-state index in [4.69, 9.17) is 15.0 Å². The Balaban J connectivity index is 1.23. The van der Waals surface area contributed by atoms with Gasteiger partial charge < -0.3 is 13.7 Å². The van der Waals surface area contributed by atoms with Gasteiger partial charge in [0, 0.05) is 51.8 Å². The van der Waals surface area contributed by atoms with Crippen LogP contribution >= 0.6 is 0 Å². The van der Waals surface area contributed by atoms with E-state index in [0.717, 1.165) is 83.9 Å². The molecule has 0 saturated carbocycles. The van der Waals surface area contributed by atoms with E-state index < -0.39 is 0 Å². The van der Waals surface area contributed by atoms with Crippen LogP contribution in [0.4, 0.5) is 0 Å². The van der Waals surface area contributed by atoms with Gasteiger partial charge in [0.15, 0.2) is 0 Å². The third-order valence-corrected chi connectivity index (χ3v) is 9.53. The van der Waals surface area contributed by atoms with Crippen LogP contribution in [0, 0.1) is 0 Å². The van der Waals surface area contributed by atoms with Crippen LogP contribution in [0.3, 0.4) is 0 Å². The Bertz CT molecular complexity index is 2840. The van der Waals surface area contributed by atoms with Crippen molar-refractivity contribution >= 4 is 65.8 Å². The molecule has 0 radical (unpaired) electrons. The molecular formula is C41H28N6. The predicted molar refractivity (Wildman–Crippen MR) is 192 cm³/mol. The van der Waals surface area contributed by atoms with Crippen molar-refractivity contribution in [2.45, 2.75) is 13.3 Å². The summed E-state index contributed by atoms with van der Waals surface area (Å²) in [4.78, 5) is 14.6. The first-order chi connectivity index (χ1) is 23.3. The van der Waals surface area contributed by atoms with Gasteiger partial charge in [0.05, 0.1) is 49.7 Å². The van der Waals surface area contributed by atoms with Gasteiger partial charge in [-0.05, 0) is 109 Å². The van der Waals surface area contributed by atoms with E-state index in [-0.39, 0.29) is 0 Å². The highest BCUT2D eigenvalue weighted by molar-refractivity contribution is 6.11. The summed E-state index contributed by atoms with van der Waals surface area (Å²) in [6.07, 6.45) is 6.63. The number of hydrogen-bond donors (Lipinski definition) is 0. The van der Waals surface area contributed by atoms with E-state index in [1.165, 1.54) is 10.9 Å². The van der Waals surface area contributed by atoms with Crippen LogP contribution in [0.2, 0.25) is 0 Å². The number of para-hydroxylation sites is 1. The van der Waals surface area contributed by atoms with Crippen molar-refractivity contribution < 1.29 is 0 Å².